The van der Waals surface area contributed by atoms with E-state index in [-0.39, 0.29) is 11.4 Å². The summed E-state index contributed by atoms with van der Waals surface area (Å²) in [4.78, 5) is 16.2. The predicted molar refractivity (Wildman–Crippen MR) is 93.8 cm³/mol. The van der Waals surface area contributed by atoms with E-state index in [1.807, 2.05) is 0 Å². The van der Waals surface area contributed by atoms with Gasteiger partial charge < -0.3 is 0 Å². The van der Waals surface area contributed by atoms with E-state index in [1.165, 1.54) is 11.5 Å². The van der Waals surface area contributed by atoms with Gasteiger partial charge in [0.15, 0.2) is 0 Å². The SMILES string of the molecule is CC(Cn1c(=O)sc2cc(-c3ncccc3C#N)ccc21)C(C)(F)F. The number of nitriles is 1. The maximum Gasteiger partial charge on any atom is 0.308 e. The minimum absolute atomic E-state index is 0.0469. The van der Waals surface area contributed by atoms with Gasteiger partial charge >= 0.3 is 4.87 Å². The largest absolute Gasteiger partial charge is 0.308 e. The minimum atomic E-state index is -2.86. The number of benzene rings is 1. The molecule has 1 unspecified atom stereocenters. The number of nitrogens with zero attached hydrogens (tertiary/aromatic N) is 3. The molecule has 1 aromatic carbocycles. The summed E-state index contributed by atoms with van der Waals surface area (Å²) >= 11 is 1.01. The monoisotopic (exact) mass is 359 g/mol. The second-order valence-electron chi connectivity index (χ2n) is 6.03. The average molecular weight is 359 g/mol. The molecule has 0 amide bonds. The van der Waals surface area contributed by atoms with Crippen LogP contribution in [0, 0.1) is 17.2 Å². The molecule has 0 spiro atoms. The van der Waals surface area contributed by atoms with Crippen molar-refractivity contribution in [3.63, 3.8) is 0 Å². The number of pyridine rings is 1. The van der Waals surface area contributed by atoms with Crippen molar-refractivity contribution in [2.45, 2.75) is 26.3 Å². The molecule has 7 heteroatoms. The van der Waals surface area contributed by atoms with E-state index in [0.717, 1.165) is 18.3 Å². The number of rotatable bonds is 4. The molecule has 0 bridgehead atoms. The van der Waals surface area contributed by atoms with Gasteiger partial charge in [0, 0.05) is 24.2 Å². The first-order chi connectivity index (χ1) is 11.8. The molecule has 0 saturated carbocycles. The molecule has 0 N–H and O–H groups in total. The van der Waals surface area contributed by atoms with Crippen molar-refractivity contribution in [3.8, 4) is 17.3 Å². The summed E-state index contributed by atoms with van der Waals surface area (Å²) in [5, 5.41) is 9.20. The third-order valence-corrected chi connectivity index (χ3v) is 5.13. The fourth-order valence-corrected chi connectivity index (χ4v) is 3.49. The zero-order chi connectivity index (χ0) is 18.2. The molecule has 128 valence electrons. The molecule has 0 radical (unpaired) electrons. The molecule has 1 atom stereocenters. The highest BCUT2D eigenvalue weighted by molar-refractivity contribution is 7.16. The molecule has 0 aliphatic rings. The molecule has 0 fully saturated rings. The number of alkyl halides is 2. The molecule has 3 aromatic rings. The van der Waals surface area contributed by atoms with Crippen LogP contribution >= 0.6 is 11.3 Å². The molecule has 3 rings (SSSR count). The smallest absolute Gasteiger partial charge is 0.298 e. The van der Waals surface area contributed by atoms with E-state index >= 15 is 0 Å². The van der Waals surface area contributed by atoms with E-state index in [1.54, 1.807) is 36.5 Å². The summed E-state index contributed by atoms with van der Waals surface area (Å²) in [7, 11) is 0. The summed E-state index contributed by atoms with van der Waals surface area (Å²) in [6.07, 6.45) is 1.60. The van der Waals surface area contributed by atoms with Crippen molar-refractivity contribution < 1.29 is 8.78 Å². The molecule has 0 saturated heterocycles. The maximum atomic E-state index is 13.5. The van der Waals surface area contributed by atoms with Gasteiger partial charge in [-0.15, -0.1) is 0 Å². The predicted octanol–water partition coefficient (Wildman–Crippen LogP) is 4.29. The Kier molecular flexibility index (Phi) is 4.39. The lowest BCUT2D eigenvalue weighted by molar-refractivity contribution is -0.0381. The van der Waals surface area contributed by atoms with Gasteiger partial charge in [0.1, 0.15) is 6.07 Å². The standard InChI is InChI=1S/C18H15F2N3OS/c1-11(18(2,19)20)10-23-14-6-5-12(8-15(14)25-17(23)24)16-13(9-21)4-3-7-22-16/h3-8,11H,10H2,1-2H3. The van der Waals surface area contributed by atoms with Gasteiger partial charge in [-0.1, -0.05) is 24.3 Å². The van der Waals surface area contributed by atoms with Crippen LogP contribution in [-0.4, -0.2) is 15.5 Å². The Morgan fingerprint density at radius 2 is 2.16 bits per heavy atom. The number of hydrogen-bond donors (Lipinski definition) is 0. The highest BCUT2D eigenvalue weighted by Gasteiger charge is 2.31. The quantitative estimate of drug-likeness (QED) is 0.698. The number of thiazole rings is 1. The Balaban J connectivity index is 2.07. The molecule has 25 heavy (non-hydrogen) atoms. The summed E-state index contributed by atoms with van der Waals surface area (Å²) in [5.74, 6) is -3.81. The van der Waals surface area contributed by atoms with Crippen molar-refractivity contribution in [2.75, 3.05) is 0 Å². The van der Waals surface area contributed by atoms with E-state index in [9.17, 15) is 18.8 Å². The fourth-order valence-electron chi connectivity index (χ4n) is 2.55. The molecular formula is C18H15F2N3OS. The summed E-state index contributed by atoms with van der Waals surface area (Å²) < 4.78 is 29.0. The average Bonchev–Trinajstić information content (AvgIpc) is 2.88. The normalized spacial score (nSPS) is 12.9. The van der Waals surface area contributed by atoms with E-state index in [0.29, 0.717) is 27.0 Å². The van der Waals surface area contributed by atoms with Gasteiger partial charge in [0.05, 0.1) is 21.5 Å². The minimum Gasteiger partial charge on any atom is -0.298 e. The zero-order valence-corrected chi connectivity index (χ0v) is 14.5. The van der Waals surface area contributed by atoms with Crippen LogP contribution in [0.4, 0.5) is 8.78 Å². The topological polar surface area (TPSA) is 58.7 Å². The van der Waals surface area contributed by atoms with Crippen molar-refractivity contribution >= 4 is 21.6 Å². The summed E-state index contributed by atoms with van der Waals surface area (Å²) in [6, 6.07) is 10.7. The van der Waals surface area contributed by atoms with Gasteiger partial charge in [-0.25, -0.2) is 8.78 Å². The van der Waals surface area contributed by atoms with Crippen LogP contribution in [0.1, 0.15) is 19.4 Å². The van der Waals surface area contributed by atoms with E-state index in [2.05, 4.69) is 11.1 Å². The fraction of sp³-hybridized carbons (Fsp3) is 0.278. The van der Waals surface area contributed by atoms with Crippen LogP contribution in [0.5, 0.6) is 0 Å². The van der Waals surface area contributed by atoms with E-state index < -0.39 is 11.8 Å². The molecule has 2 aromatic heterocycles. The Morgan fingerprint density at radius 1 is 1.40 bits per heavy atom. The van der Waals surface area contributed by atoms with Crippen LogP contribution < -0.4 is 4.87 Å². The number of halogens is 2. The van der Waals surface area contributed by atoms with Crippen LogP contribution in [0.2, 0.25) is 0 Å². The lowest BCUT2D eigenvalue weighted by Gasteiger charge is -2.19. The lowest BCUT2D eigenvalue weighted by Crippen LogP contribution is -2.28. The molecular weight excluding hydrogens is 344 g/mol. The first kappa shape index (κ1) is 17.2. The highest BCUT2D eigenvalue weighted by atomic mass is 32.1. The van der Waals surface area contributed by atoms with Gasteiger partial charge in [-0.05, 0) is 31.2 Å². The van der Waals surface area contributed by atoms with Crippen LogP contribution in [0.3, 0.4) is 0 Å². The van der Waals surface area contributed by atoms with Gasteiger partial charge in [-0.2, -0.15) is 5.26 Å². The number of hydrogen-bond acceptors (Lipinski definition) is 4. The van der Waals surface area contributed by atoms with Crippen LogP contribution in [0.25, 0.3) is 21.5 Å². The van der Waals surface area contributed by atoms with Gasteiger partial charge in [-0.3, -0.25) is 14.3 Å². The van der Waals surface area contributed by atoms with Gasteiger partial charge in [0.2, 0.25) is 5.92 Å². The third-order valence-electron chi connectivity index (χ3n) is 4.19. The Labute approximate surface area is 147 Å². The molecule has 0 aliphatic heterocycles. The van der Waals surface area contributed by atoms with Crippen molar-refractivity contribution in [3.05, 3.63) is 51.8 Å². The summed E-state index contributed by atoms with van der Waals surface area (Å²) in [5.41, 5.74) is 2.30. The van der Waals surface area contributed by atoms with Crippen molar-refractivity contribution in [2.24, 2.45) is 5.92 Å². The highest BCUT2D eigenvalue weighted by Crippen LogP contribution is 2.29. The first-order valence-corrected chi connectivity index (χ1v) is 8.49. The lowest BCUT2D eigenvalue weighted by atomic mass is 10.0. The van der Waals surface area contributed by atoms with Crippen molar-refractivity contribution in [1.29, 1.82) is 5.26 Å². The number of aromatic nitrogens is 2. The van der Waals surface area contributed by atoms with E-state index in [4.69, 9.17) is 0 Å². The van der Waals surface area contributed by atoms with Crippen LogP contribution in [0.15, 0.2) is 41.3 Å². The second kappa shape index (κ2) is 6.37. The maximum absolute atomic E-state index is 13.5. The summed E-state index contributed by atoms with van der Waals surface area (Å²) in [6.45, 7) is 2.24. The van der Waals surface area contributed by atoms with Gasteiger partial charge in [0.25, 0.3) is 0 Å². The Morgan fingerprint density at radius 3 is 2.84 bits per heavy atom. The van der Waals surface area contributed by atoms with Crippen LogP contribution in [-0.2, 0) is 6.54 Å². The first-order valence-electron chi connectivity index (χ1n) is 7.68. The number of fused-ring (bicyclic) bond motifs is 1. The van der Waals surface area contributed by atoms with Crippen molar-refractivity contribution in [1.82, 2.24) is 9.55 Å². The Bertz CT molecular complexity index is 1030. The Hall–Kier alpha value is -2.59. The third kappa shape index (κ3) is 3.30. The molecule has 4 nitrogen and oxygen atoms in total. The zero-order valence-electron chi connectivity index (χ0n) is 13.7. The second-order valence-corrected chi connectivity index (χ2v) is 7.02. The molecule has 0 aliphatic carbocycles. The molecule has 2 heterocycles.